The Bertz CT molecular complexity index is 543. The molecule has 2 rings (SSSR count). The zero-order valence-electron chi connectivity index (χ0n) is 9.72. The molecule has 0 aliphatic heterocycles. The molecule has 90 valence electrons. The van der Waals surface area contributed by atoms with Crippen LogP contribution in [-0.4, -0.2) is 25.3 Å². The molecule has 2 heterocycles. The Morgan fingerprint density at radius 1 is 1.41 bits per heavy atom. The van der Waals surface area contributed by atoms with Crippen molar-refractivity contribution in [2.24, 2.45) is 7.05 Å². The van der Waals surface area contributed by atoms with E-state index in [0.717, 1.165) is 6.42 Å². The van der Waals surface area contributed by atoms with Crippen LogP contribution in [-0.2, 0) is 13.6 Å². The molecule has 0 aliphatic carbocycles. The van der Waals surface area contributed by atoms with Gasteiger partial charge in [-0.15, -0.1) is 0 Å². The Hall–Kier alpha value is -1.62. The average Bonchev–Trinajstić information content (AvgIpc) is 2.86. The molecule has 0 N–H and O–H groups in total. The Labute approximate surface area is 104 Å². The Morgan fingerprint density at radius 3 is 2.76 bits per heavy atom. The van der Waals surface area contributed by atoms with E-state index in [9.17, 15) is 4.79 Å². The molecule has 17 heavy (non-hydrogen) atoms. The molecular weight excluding hydrogens is 240 g/mol. The molecule has 2 aromatic heterocycles. The van der Waals surface area contributed by atoms with Gasteiger partial charge in [-0.1, -0.05) is 18.5 Å². The molecule has 0 spiro atoms. The number of rotatable bonds is 4. The van der Waals surface area contributed by atoms with Gasteiger partial charge in [0.05, 0.1) is 23.0 Å². The van der Waals surface area contributed by atoms with E-state index in [-0.39, 0.29) is 5.78 Å². The van der Waals surface area contributed by atoms with Gasteiger partial charge >= 0.3 is 0 Å². The highest BCUT2D eigenvalue weighted by Gasteiger charge is 2.19. The van der Waals surface area contributed by atoms with E-state index in [1.165, 1.54) is 12.4 Å². The lowest BCUT2D eigenvalue weighted by atomic mass is 10.2. The van der Waals surface area contributed by atoms with E-state index >= 15 is 0 Å². The van der Waals surface area contributed by atoms with Gasteiger partial charge in [0, 0.05) is 19.8 Å². The van der Waals surface area contributed by atoms with Crippen molar-refractivity contribution in [1.82, 2.24) is 19.6 Å². The summed E-state index contributed by atoms with van der Waals surface area (Å²) >= 11 is 6.00. The third kappa shape index (κ3) is 2.24. The highest BCUT2D eigenvalue weighted by atomic mass is 35.5. The number of ketones is 1. The van der Waals surface area contributed by atoms with E-state index in [1.54, 1.807) is 22.6 Å². The van der Waals surface area contributed by atoms with Gasteiger partial charge in [-0.3, -0.25) is 14.2 Å². The minimum Gasteiger partial charge on any atom is -0.287 e. The maximum Gasteiger partial charge on any atom is 0.215 e. The third-order valence-electron chi connectivity index (χ3n) is 2.41. The second-order valence-corrected chi connectivity index (χ2v) is 4.20. The number of carbonyl (C=O) groups excluding carboxylic acids is 1. The lowest BCUT2D eigenvalue weighted by Gasteiger charge is -2.04. The van der Waals surface area contributed by atoms with Crippen molar-refractivity contribution < 1.29 is 4.79 Å². The van der Waals surface area contributed by atoms with E-state index in [4.69, 9.17) is 11.6 Å². The molecular formula is C11H13ClN4O. The molecule has 0 amide bonds. The molecule has 6 heteroatoms. The first-order chi connectivity index (χ1) is 8.13. The summed E-state index contributed by atoms with van der Waals surface area (Å²) in [6.07, 6.45) is 5.59. The fraction of sp³-hybridized carbons (Fsp3) is 0.364. The summed E-state index contributed by atoms with van der Waals surface area (Å²) in [6, 6.07) is 0. The summed E-state index contributed by atoms with van der Waals surface area (Å²) in [6.45, 7) is 2.70. The van der Waals surface area contributed by atoms with Crippen LogP contribution in [0.2, 0.25) is 5.02 Å². The van der Waals surface area contributed by atoms with Crippen LogP contribution in [0, 0.1) is 0 Å². The van der Waals surface area contributed by atoms with Crippen LogP contribution in [0.15, 0.2) is 18.6 Å². The van der Waals surface area contributed by atoms with Gasteiger partial charge in [0.1, 0.15) is 5.69 Å². The van der Waals surface area contributed by atoms with Crippen molar-refractivity contribution in [2.45, 2.75) is 19.9 Å². The number of aryl methyl sites for hydroxylation is 2. The van der Waals surface area contributed by atoms with Gasteiger partial charge < -0.3 is 0 Å². The molecule has 0 saturated heterocycles. The second kappa shape index (κ2) is 4.71. The Balaban J connectivity index is 2.39. The van der Waals surface area contributed by atoms with E-state index < -0.39 is 0 Å². The van der Waals surface area contributed by atoms with Crippen LogP contribution >= 0.6 is 11.6 Å². The minimum atomic E-state index is -0.144. The van der Waals surface area contributed by atoms with Gasteiger partial charge in [-0.25, -0.2) is 0 Å². The first-order valence-corrected chi connectivity index (χ1v) is 5.76. The number of halogens is 1. The zero-order chi connectivity index (χ0) is 12.4. The van der Waals surface area contributed by atoms with Crippen molar-refractivity contribution in [2.75, 3.05) is 0 Å². The van der Waals surface area contributed by atoms with Crippen molar-refractivity contribution >= 4 is 17.4 Å². The third-order valence-corrected chi connectivity index (χ3v) is 2.69. The number of carbonyl (C=O) groups is 1. The summed E-state index contributed by atoms with van der Waals surface area (Å²) in [5.41, 5.74) is 0.953. The lowest BCUT2D eigenvalue weighted by molar-refractivity contribution is 0.102. The van der Waals surface area contributed by atoms with Gasteiger partial charge in [-0.05, 0) is 6.42 Å². The first-order valence-electron chi connectivity index (χ1n) is 5.38. The highest BCUT2D eigenvalue weighted by Crippen LogP contribution is 2.19. The predicted octanol–water partition coefficient (Wildman–Crippen LogP) is 1.91. The maximum atomic E-state index is 12.2. The molecule has 0 atom stereocenters. The average molecular weight is 253 g/mol. The molecule has 0 fully saturated rings. The quantitative estimate of drug-likeness (QED) is 0.781. The number of hydrogen-bond acceptors (Lipinski definition) is 3. The molecule has 0 aromatic carbocycles. The fourth-order valence-electron chi connectivity index (χ4n) is 1.64. The van der Waals surface area contributed by atoms with E-state index in [1.807, 2.05) is 6.92 Å². The monoisotopic (exact) mass is 252 g/mol. The maximum absolute atomic E-state index is 12.2. The summed E-state index contributed by atoms with van der Waals surface area (Å²) in [5, 5.41) is 8.45. The normalized spacial score (nSPS) is 10.8. The molecule has 0 aliphatic rings. The first kappa shape index (κ1) is 11.9. The summed E-state index contributed by atoms with van der Waals surface area (Å²) in [5.74, 6) is -0.144. The van der Waals surface area contributed by atoms with E-state index in [2.05, 4.69) is 10.2 Å². The Morgan fingerprint density at radius 2 is 2.18 bits per heavy atom. The minimum absolute atomic E-state index is 0.144. The van der Waals surface area contributed by atoms with Gasteiger partial charge in [0.25, 0.3) is 0 Å². The van der Waals surface area contributed by atoms with Gasteiger partial charge in [0.15, 0.2) is 0 Å². The molecule has 0 bridgehead atoms. The summed E-state index contributed by atoms with van der Waals surface area (Å²) < 4.78 is 3.22. The van der Waals surface area contributed by atoms with Crippen molar-refractivity contribution in [3.05, 3.63) is 34.9 Å². The zero-order valence-corrected chi connectivity index (χ0v) is 10.5. The fourth-order valence-corrected chi connectivity index (χ4v) is 1.87. The van der Waals surface area contributed by atoms with E-state index in [0.29, 0.717) is 22.8 Å². The number of aromatic nitrogens is 4. The van der Waals surface area contributed by atoms with Crippen LogP contribution in [0.5, 0.6) is 0 Å². The topological polar surface area (TPSA) is 52.7 Å². The molecule has 0 radical (unpaired) electrons. The number of hydrogen-bond donors (Lipinski definition) is 0. The van der Waals surface area contributed by atoms with Crippen LogP contribution < -0.4 is 0 Å². The summed E-state index contributed by atoms with van der Waals surface area (Å²) in [7, 11) is 1.77. The second-order valence-electron chi connectivity index (χ2n) is 3.80. The molecule has 0 saturated carbocycles. The van der Waals surface area contributed by atoms with Gasteiger partial charge in [0.2, 0.25) is 5.78 Å². The smallest absolute Gasteiger partial charge is 0.215 e. The lowest BCUT2D eigenvalue weighted by Crippen LogP contribution is -2.11. The standard InChI is InChI=1S/C11H13ClN4O/c1-3-4-16-10(9(12)6-14-16)11(17)8-5-13-15(2)7-8/h5-7H,3-4H2,1-2H3. The van der Waals surface area contributed by atoms with Crippen LogP contribution in [0.4, 0.5) is 0 Å². The van der Waals surface area contributed by atoms with Crippen LogP contribution in [0.3, 0.4) is 0 Å². The molecule has 5 nitrogen and oxygen atoms in total. The van der Waals surface area contributed by atoms with Crippen molar-refractivity contribution in [1.29, 1.82) is 0 Å². The highest BCUT2D eigenvalue weighted by molar-refractivity contribution is 6.34. The van der Waals surface area contributed by atoms with Gasteiger partial charge in [-0.2, -0.15) is 10.2 Å². The SMILES string of the molecule is CCCn1ncc(Cl)c1C(=O)c1cnn(C)c1. The summed E-state index contributed by atoms with van der Waals surface area (Å²) in [4.78, 5) is 12.2. The Kier molecular flexibility index (Phi) is 3.28. The largest absolute Gasteiger partial charge is 0.287 e. The predicted molar refractivity (Wildman–Crippen MR) is 64.2 cm³/mol. The number of nitrogens with zero attached hydrogens (tertiary/aromatic N) is 4. The van der Waals surface area contributed by atoms with Crippen LogP contribution in [0.1, 0.15) is 29.4 Å². The molecule has 2 aromatic rings. The van der Waals surface area contributed by atoms with Crippen molar-refractivity contribution in [3.63, 3.8) is 0 Å². The molecule has 0 unspecified atom stereocenters. The van der Waals surface area contributed by atoms with Crippen molar-refractivity contribution in [3.8, 4) is 0 Å². The van der Waals surface area contributed by atoms with Crippen LogP contribution in [0.25, 0.3) is 0 Å².